The van der Waals surface area contributed by atoms with Gasteiger partial charge in [0.2, 0.25) is 0 Å². The summed E-state index contributed by atoms with van der Waals surface area (Å²) < 4.78 is 6.33. The van der Waals surface area contributed by atoms with Crippen LogP contribution in [0.2, 0.25) is 0 Å². The maximum atomic E-state index is 12.4. The van der Waals surface area contributed by atoms with Crippen molar-refractivity contribution in [2.45, 2.75) is 0 Å². The first-order valence-electron chi connectivity index (χ1n) is 6.33. The fraction of sp³-hybridized carbons (Fsp3) is 0.286. The number of pyridine rings is 1. The lowest BCUT2D eigenvalue weighted by Crippen LogP contribution is -2.40. The summed E-state index contributed by atoms with van der Waals surface area (Å²) in [5.74, 6) is 0.0487. The van der Waals surface area contributed by atoms with Gasteiger partial charge in [0.15, 0.2) is 0 Å². The number of amides is 1. The molecule has 2 aromatic heterocycles. The summed E-state index contributed by atoms with van der Waals surface area (Å²) in [5.41, 5.74) is 1.52. The molecule has 0 atom stereocenters. The van der Waals surface area contributed by atoms with Crippen molar-refractivity contribution < 1.29 is 9.53 Å². The van der Waals surface area contributed by atoms with E-state index in [1.54, 1.807) is 23.6 Å². The maximum absolute atomic E-state index is 12.4. The predicted octanol–water partition coefficient (Wildman–Crippen LogP) is 3.05. The smallest absolute Gasteiger partial charge is 0.254 e. The molecule has 20 heavy (non-hydrogen) atoms. The van der Waals surface area contributed by atoms with Gasteiger partial charge in [-0.15, -0.1) is 11.3 Å². The molecule has 3 heterocycles. The number of rotatable bonds is 2. The van der Waals surface area contributed by atoms with Crippen LogP contribution >= 0.6 is 27.3 Å². The van der Waals surface area contributed by atoms with E-state index in [0.29, 0.717) is 31.9 Å². The van der Waals surface area contributed by atoms with Gasteiger partial charge in [-0.2, -0.15) is 0 Å². The van der Waals surface area contributed by atoms with Crippen LogP contribution in [0.25, 0.3) is 10.6 Å². The van der Waals surface area contributed by atoms with Crippen LogP contribution in [0.3, 0.4) is 0 Å². The summed E-state index contributed by atoms with van der Waals surface area (Å²) in [6, 6.07) is 7.61. The molecule has 0 spiro atoms. The second-order valence-electron chi connectivity index (χ2n) is 4.44. The Hall–Kier alpha value is -1.24. The Morgan fingerprint density at radius 2 is 2.10 bits per heavy atom. The molecule has 3 rings (SSSR count). The van der Waals surface area contributed by atoms with Crippen molar-refractivity contribution in [3.63, 3.8) is 0 Å². The third-order valence-corrected chi connectivity index (χ3v) is 4.78. The van der Waals surface area contributed by atoms with Crippen LogP contribution in [0.15, 0.2) is 34.2 Å². The van der Waals surface area contributed by atoms with Gasteiger partial charge in [-0.05, 0) is 40.2 Å². The van der Waals surface area contributed by atoms with E-state index in [-0.39, 0.29) is 5.91 Å². The summed E-state index contributed by atoms with van der Waals surface area (Å²) in [7, 11) is 0. The molecular formula is C14H13BrN2O2S. The second-order valence-corrected chi connectivity index (χ2v) is 6.90. The Balaban J connectivity index is 1.85. The molecule has 6 heteroatoms. The molecule has 1 amide bonds. The highest BCUT2D eigenvalue weighted by Gasteiger charge is 2.19. The largest absolute Gasteiger partial charge is 0.378 e. The van der Waals surface area contributed by atoms with Gasteiger partial charge in [0.25, 0.3) is 5.91 Å². The van der Waals surface area contributed by atoms with Crippen molar-refractivity contribution in [2.75, 3.05) is 26.3 Å². The molecule has 0 radical (unpaired) electrons. The van der Waals surface area contributed by atoms with E-state index in [2.05, 4.69) is 20.9 Å². The zero-order chi connectivity index (χ0) is 13.9. The number of hydrogen-bond donors (Lipinski definition) is 0. The number of halogens is 1. The molecule has 1 fully saturated rings. The summed E-state index contributed by atoms with van der Waals surface area (Å²) in [6.07, 6.45) is 1.69. The van der Waals surface area contributed by atoms with E-state index in [1.165, 1.54) is 0 Å². The molecule has 0 bridgehead atoms. The zero-order valence-electron chi connectivity index (χ0n) is 10.7. The van der Waals surface area contributed by atoms with E-state index in [0.717, 1.165) is 14.4 Å². The third kappa shape index (κ3) is 2.92. The van der Waals surface area contributed by atoms with E-state index in [9.17, 15) is 4.79 Å². The predicted molar refractivity (Wildman–Crippen MR) is 82.0 cm³/mol. The molecule has 0 aliphatic carbocycles. The molecule has 1 aliphatic rings. The highest BCUT2D eigenvalue weighted by atomic mass is 79.9. The minimum absolute atomic E-state index is 0.0487. The summed E-state index contributed by atoms with van der Waals surface area (Å²) in [5, 5.41) is 0. The standard InChI is InChI=1S/C14H13BrN2O2S/c15-13-2-1-12(20-13)11-9-10(3-4-16-11)14(18)17-5-7-19-8-6-17/h1-4,9H,5-8H2. The van der Waals surface area contributed by atoms with Crippen LogP contribution < -0.4 is 0 Å². The number of thiophene rings is 1. The van der Waals surface area contributed by atoms with E-state index in [1.807, 2.05) is 23.1 Å². The molecular weight excluding hydrogens is 340 g/mol. The Morgan fingerprint density at radius 1 is 1.30 bits per heavy atom. The number of nitrogens with zero attached hydrogens (tertiary/aromatic N) is 2. The fourth-order valence-electron chi connectivity index (χ4n) is 2.10. The van der Waals surface area contributed by atoms with Gasteiger partial charge in [-0.3, -0.25) is 9.78 Å². The third-order valence-electron chi connectivity index (χ3n) is 3.13. The average Bonchev–Trinajstić information content (AvgIpc) is 2.94. The SMILES string of the molecule is O=C(c1ccnc(-c2ccc(Br)s2)c1)N1CCOCC1. The Kier molecular flexibility index (Phi) is 4.14. The first-order chi connectivity index (χ1) is 9.74. The van der Waals surface area contributed by atoms with Crippen molar-refractivity contribution in [3.8, 4) is 10.6 Å². The van der Waals surface area contributed by atoms with Crippen LogP contribution in [0.5, 0.6) is 0 Å². The molecule has 0 aromatic carbocycles. The van der Waals surface area contributed by atoms with Crippen molar-refractivity contribution in [3.05, 3.63) is 39.8 Å². The lowest BCUT2D eigenvalue weighted by atomic mass is 10.2. The Bertz CT molecular complexity index is 623. The second kappa shape index (κ2) is 6.03. The average molecular weight is 353 g/mol. The number of carbonyl (C=O) groups excluding carboxylic acids is 1. The molecule has 1 aliphatic heterocycles. The molecule has 2 aromatic rings. The molecule has 1 saturated heterocycles. The number of carbonyl (C=O) groups is 1. The molecule has 104 valence electrons. The minimum atomic E-state index is 0.0487. The quantitative estimate of drug-likeness (QED) is 0.834. The van der Waals surface area contributed by atoms with Crippen molar-refractivity contribution in [2.24, 2.45) is 0 Å². The van der Waals surface area contributed by atoms with Crippen molar-refractivity contribution in [1.82, 2.24) is 9.88 Å². The Labute approximate surface area is 129 Å². The van der Waals surface area contributed by atoms with Gasteiger partial charge < -0.3 is 9.64 Å². The van der Waals surface area contributed by atoms with Crippen molar-refractivity contribution in [1.29, 1.82) is 0 Å². The number of hydrogen-bond acceptors (Lipinski definition) is 4. The van der Waals surface area contributed by atoms with Crippen molar-refractivity contribution >= 4 is 33.2 Å². The van der Waals surface area contributed by atoms with Crippen LogP contribution in [0.4, 0.5) is 0 Å². The van der Waals surface area contributed by atoms with Gasteiger partial charge in [-0.25, -0.2) is 0 Å². The molecule has 0 N–H and O–H groups in total. The molecule has 4 nitrogen and oxygen atoms in total. The lowest BCUT2D eigenvalue weighted by molar-refractivity contribution is 0.0303. The van der Waals surface area contributed by atoms with Gasteiger partial charge in [0, 0.05) is 24.8 Å². The van der Waals surface area contributed by atoms with E-state index >= 15 is 0 Å². The number of morpholine rings is 1. The number of ether oxygens (including phenoxy) is 1. The van der Waals surface area contributed by atoms with Crippen LogP contribution in [-0.4, -0.2) is 42.1 Å². The first kappa shape index (κ1) is 13.7. The maximum Gasteiger partial charge on any atom is 0.254 e. The lowest BCUT2D eigenvalue weighted by Gasteiger charge is -2.26. The zero-order valence-corrected chi connectivity index (χ0v) is 13.1. The summed E-state index contributed by atoms with van der Waals surface area (Å²) in [6.45, 7) is 2.53. The Morgan fingerprint density at radius 3 is 2.80 bits per heavy atom. The first-order valence-corrected chi connectivity index (χ1v) is 7.94. The topological polar surface area (TPSA) is 42.4 Å². The highest BCUT2D eigenvalue weighted by Crippen LogP contribution is 2.30. The molecule has 0 saturated carbocycles. The van der Waals surface area contributed by atoms with Gasteiger partial charge in [-0.1, -0.05) is 0 Å². The fourth-order valence-corrected chi connectivity index (χ4v) is 3.45. The van der Waals surface area contributed by atoms with E-state index < -0.39 is 0 Å². The van der Waals surface area contributed by atoms with Crippen LogP contribution in [0.1, 0.15) is 10.4 Å². The van der Waals surface area contributed by atoms with E-state index in [4.69, 9.17) is 4.74 Å². The molecule has 0 unspecified atom stereocenters. The van der Waals surface area contributed by atoms with Gasteiger partial charge >= 0.3 is 0 Å². The van der Waals surface area contributed by atoms with Gasteiger partial charge in [0.1, 0.15) is 0 Å². The van der Waals surface area contributed by atoms with Gasteiger partial charge in [0.05, 0.1) is 27.6 Å². The highest BCUT2D eigenvalue weighted by molar-refractivity contribution is 9.11. The van der Waals surface area contributed by atoms with Crippen LogP contribution in [0, 0.1) is 0 Å². The monoisotopic (exact) mass is 352 g/mol. The number of aromatic nitrogens is 1. The summed E-state index contributed by atoms with van der Waals surface area (Å²) >= 11 is 5.05. The summed E-state index contributed by atoms with van der Waals surface area (Å²) in [4.78, 5) is 19.6. The normalized spacial score (nSPS) is 15.3. The minimum Gasteiger partial charge on any atom is -0.378 e. The van der Waals surface area contributed by atoms with Crippen LogP contribution in [-0.2, 0) is 4.74 Å².